The fourth-order valence-corrected chi connectivity index (χ4v) is 1.86. The number of nitro benzene ring substituents is 1. The molecule has 1 aromatic carbocycles. The number of rotatable bonds is 6. The van der Waals surface area contributed by atoms with Crippen LogP contribution in [-0.4, -0.2) is 29.4 Å². The van der Waals surface area contributed by atoms with Gasteiger partial charge in [0.15, 0.2) is 5.82 Å². The van der Waals surface area contributed by atoms with Crippen molar-refractivity contribution in [3.8, 4) is 0 Å². The highest BCUT2D eigenvalue weighted by atomic mass is 32.2. The molecule has 0 radical (unpaired) electrons. The van der Waals surface area contributed by atoms with Gasteiger partial charge in [0.25, 0.3) is 11.6 Å². The first-order valence-electron chi connectivity index (χ1n) is 5.48. The van der Waals surface area contributed by atoms with Gasteiger partial charge >= 0.3 is 0 Å². The van der Waals surface area contributed by atoms with Crippen LogP contribution in [0.25, 0.3) is 0 Å². The van der Waals surface area contributed by atoms with E-state index in [-0.39, 0.29) is 11.3 Å². The van der Waals surface area contributed by atoms with Crippen LogP contribution in [0, 0.1) is 15.9 Å². The third-order valence-corrected chi connectivity index (χ3v) is 3.06. The monoisotopic (exact) mass is 287 g/mol. The molecule has 6 nitrogen and oxygen atoms in total. The van der Waals surface area contributed by atoms with Crippen molar-refractivity contribution < 1.29 is 14.1 Å². The zero-order valence-electron chi connectivity index (χ0n) is 10.3. The van der Waals surface area contributed by atoms with Gasteiger partial charge in [-0.15, -0.1) is 0 Å². The Morgan fingerprint density at radius 2 is 2.26 bits per heavy atom. The number of hydrogen-bond acceptors (Lipinski definition) is 5. The van der Waals surface area contributed by atoms with E-state index in [0.717, 1.165) is 18.2 Å². The molecule has 0 atom stereocenters. The topological polar surface area (TPSA) is 98.3 Å². The van der Waals surface area contributed by atoms with Crippen LogP contribution in [0.4, 0.5) is 15.8 Å². The van der Waals surface area contributed by atoms with Crippen molar-refractivity contribution in [2.75, 3.05) is 24.3 Å². The van der Waals surface area contributed by atoms with Crippen molar-refractivity contribution in [1.82, 2.24) is 5.32 Å². The predicted octanol–water partition coefficient (Wildman–Crippen LogP) is 1.80. The molecule has 1 rings (SSSR count). The van der Waals surface area contributed by atoms with Crippen LogP contribution in [0.5, 0.6) is 0 Å². The van der Waals surface area contributed by atoms with Gasteiger partial charge in [-0.1, -0.05) is 0 Å². The van der Waals surface area contributed by atoms with Crippen LogP contribution in [-0.2, 0) is 0 Å². The van der Waals surface area contributed by atoms with Gasteiger partial charge in [0.2, 0.25) is 0 Å². The summed E-state index contributed by atoms with van der Waals surface area (Å²) in [6, 6.07) is 1.64. The lowest BCUT2D eigenvalue weighted by Gasteiger charge is -2.06. The summed E-state index contributed by atoms with van der Waals surface area (Å²) < 4.78 is 13.2. The van der Waals surface area contributed by atoms with Crippen LogP contribution in [0.1, 0.15) is 16.8 Å². The number of hydrogen-bond donors (Lipinski definition) is 2. The molecule has 0 saturated heterocycles. The van der Waals surface area contributed by atoms with E-state index < -0.39 is 22.3 Å². The molecule has 0 bridgehead atoms. The summed E-state index contributed by atoms with van der Waals surface area (Å²) >= 11 is 1.63. The maximum Gasteiger partial charge on any atom is 0.285 e. The van der Waals surface area contributed by atoms with Crippen LogP contribution < -0.4 is 11.1 Å². The maximum absolute atomic E-state index is 13.2. The Morgan fingerprint density at radius 3 is 2.84 bits per heavy atom. The molecule has 0 saturated carbocycles. The average molecular weight is 287 g/mol. The number of benzene rings is 1. The molecule has 0 unspecified atom stereocenters. The summed E-state index contributed by atoms with van der Waals surface area (Å²) in [4.78, 5) is 21.8. The Morgan fingerprint density at radius 1 is 1.58 bits per heavy atom. The van der Waals surface area contributed by atoms with E-state index in [9.17, 15) is 19.3 Å². The lowest BCUT2D eigenvalue weighted by molar-refractivity contribution is -0.385. The number of carbonyl (C=O) groups is 1. The minimum Gasteiger partial charge on any atom is -0.396 e. The Hall–Kier alpha value is -1.83. The number of carbonyl (C=O) groups excluding carboxylic acids is 1. The fraction of sp³-hybridized carbons (Fsp3) is 0.364. The summed E-state index contributed by atoms with van der Waals surface area (Å²) in [5.41, 5.74) is 4.21. The van der Waals surface area contributed by atoms with Crippen molar-refractivity contribution >= 4 is 29.0 Å². The van der Waals surface area contributed by atoms with Gasteiger partial charge in [0.05, 0.1) is 16.7 Å². The van der Waals surface area contributed by atoms with E-state index in [2.05, 4.69) is 5.32 Å². The summed E-state index contributed by atoms with van der Waals surface area (Å²) in [6.45, 7) is 0.397. The van der Waals surface area contributed by atoms with Crippen LogP contribution in [0.2, 0.25) is 0 Å². The quantitative estimate of drug-likeness (QED) is 0.360. The van der Waals surface area contributed by atoms with Crippen LogP contribution >= 0.6 is 11.8 Å². The highest BCUT2D eigenvalue weighted by Gasteiger charge is 2.22. The number of nitrogen functional groups attached to an aromatic ring is 1. The van der Waals surface area contributed by atoms with Crippen LogP contribution in [0.3, 0.4) is 0 Å². The minimum absolute atomic E-state index is 0.229. The average Bonchev–Trinajstić information content (AvgIpc) is 2.36. The van der Waals surface area contributed by atoms with Gasteiger partial charge < -0.3 is 11.1 Å². The molecule has 19 heavy (non-hydrogen) atoms. The summed E-state index contributed by atoms with van der Waals surface area (Å²) in [7, 11) is 0. The first-order valence-corrected chi connectivity index (χ1v) is 6.87. The molecule has 104 valence electrons. The molecule has 0 aromatic heterocycles. The minimum atomic E-state index is -0.911. The molecule has 1 aromatic rings. The zero-order chi connectivity index (χ0) is 14.4. The van der Waals surface area contributed by atoms with Gasteiger partial charge in [-0.3, -0.25) is 14.9 Å². The molecular formula is C11H14FN3O3S. The number of nitrogens with zero attached hydrogens (tertiary/aromatic N) is 1. The highest BCUT2D eigenvalue weighted by Crippen LogP contribution is 2.24. The summed E-state index contributed by atoms with van der Waals surface area (Å²) in [5.74, 6) is -0.668. The number of thioether (sulfide) groups is 1. The molecule has 0 fully saturated rings. The van der Waals surface area contributed by atoms with E-state index in [1.807, 2.05) is 6.26 Å². The van der Waals surface area contributed by atoms with E-state index in [0.29, 0.717) is 12.6 Å². The maximum atomic E-state index is 13.2. The van der Waals surface area contributed by atoms with Crippen molar-refractivity contribution in [3.05, 3.63) is 33.6 Å². The Bertz CT molecular complexity index is 496. The molecule has 0 aliphatic rings. The Balaban J connectivity index is 2.89. The molecule has 0 aliphatic heterocycles. The molecule has 1 amide bonds. The van der Waals surface area contributed by atoms with Crippen molar-refractivity contribution in [2.45, 2.75) is 6.42 Å². The number of nitro groups is 1. The third-order valence-electron chi connectivity index (χ3n) is 2.37. The van der Waals surface area contributed by atoms with Crippen molar-refractivity contribution in [3.63, 3.8) is 0 Å². The number of amides is 1. The second-order valence-corrected chi connectivity index (χ2v) is 4.74. The molecule has 0 aliphatic carbocycles. The van der Waals surface area contributed by atoms with E-state index in [1.165, 1.54) is 0 Å². The van der Waals surface area contributed by atoms with Crippen molar-refractivity contribution in [2.24, 2.45) is 0 Å². The van der Waals surface area contributed by atoms with Crippen LogP contribution in [0.15, 0.2) is 12.1 Å². The molecular weight excluding hydrogens is 273 g/mol. The standard InChI is InChI=1S/C11H14FN3O3S/c1-19-4-2-3-14-11(16)7-5-9(13)8(12)6-10(7)15(17)18/h5-6H,2-4,13H2,1H3,(H,14,16). The van der Waals surface area contributed by atoms with Gasteiger partial charge in [0, 0.05) is 6.54 Å². The number of anilines is 1. The molecule has 0 heterocycles. The Kier molecular flexibility index (Phi) is 5.56. The van der Waals surface area contributed by atoms with E-state index >= 15 is 0 Å². The normalized spacial score (nSPS) is 10.2. The van der Waals surface area contributed by atoms with Gasteiger partial charge in [-0.05, 0) is 24.5 Å². The summed E-state index contributed by atoms with van der Waals surface area (Å²) in [6.07, 6.45) is 2.69. The number of nitrogens with two attached hydrogens (primary N) is 1. The smallest absolute Gasteiger partial charge is 0.285 e. The lowest BCUT2D eigenvalue weighted by Crippen LogP contribution is -2.25. The molecule has 8 heteroatoms. The van der Waals surface area contributed by atoms with Gasteiger partial charge in [-0.2, -0.15) is 11.8 Å². The molecule has 3 N–H and O–H groups in total. The zero-order valence-corrected chi connectivity index (χ0v) is 11.1. The first-order chi connectivity index (χ1) is 8.97. The van der Waals surface area contributed by atoms with E-state index in [4.69, 9.17) is 5.73 Å². The lowest BCUT2D eigenvalue weighted by atomic mass is 10.1. The van der Waals surface area contributed by atoms with Gasteiger partial charge in [-0.25, -0.2) is 4.39 Å². The van der Waals surface area contributed by atoms with Gasteiger partial charge in [0.1, 0.15) is 5.56 Å². The summed E-state index contributed by atoms with van der Waals surface area (Å²) in [5, 5.41) is 13.3. The highest BCUT2D eigenvalue weighted by molar-refractivity contribution is 7.98. The third kappa shape index (κ3) is 4.09. The molecule has 0 spiro atoms. The second kappa shape index (κ2) is 6.93. The first kappa shape index (κ1) is 15.2. The SMILES string of the molecule is CSCCCNC(=O)c1cc(N)c(F)cc1[N+](=O)[O-]. The predicted molar refractivity (Wildman–Crippen MR) is 72.8 cm³/mol. The second-order valence-electron chi connectivity index (χ2n) is 3.75. The number of nitrogens with one attached hydrogen (secondary N) is 1. The number of halogens is 1. The fourth-order valence-electron chi connectivity index (χ4n) is 1.43. The largest absolute Gasteiger partial charge is 0.396 e. The van der Waals surface area contributed by atoms with E-state index in [1.54, 1.807) is 11.8 Å². The van der Waals surface area contributed by atoms with Crippen molar-refractivity contribution in [1.29, 1.82) is 0 Å². The Labute approximate surface area is 113 Å².